The molecule has 2 rings (SSSR count). The van der Waals surface area contributed by atoms with E-state index >= 15 is 0 Å². The summed E-state index contributed by atoms with van der Waals surface area (Å²) in [5, 5.41) is 12.5. The van der Waals surface area contributed by atoms with Crippen LogP contribution in [0.1, 0.15) is 19.4 Å². The molecule has 0 aromatic heterocycles. The summed E-state index contributed by atoms with van der Waals surface area (Å²) in [5.41, 5.74) is -1.44. The van der Waals surface area contributed by atoms with Crippen LogP contribution in [-0.2, 0) is 19.9 Å². The summed E-state index contributed by atoms with van der Waals surface area (Å²) in [4.78, 5) is 23.8. The van der Waals surface area contributed by atoms with Crippen molar-refractivity contribution in [3.05, 3.63) is 45.5 Å². The molecule has 2 N–H and O–H groups in total. The van der Waals surface area contributed by atoms with Gasteiger partial charge in [0.15, 0.2) is 0 Å². The molecule has 0 fully saturated rings. The molecule has 1 aromatic carbocycles. The van der Waals surface area contributed by atoms with Crippen molar-refractivity contribution in [1.82, 2.24) is 5.32 Å². The Kier molecular flexibility index (Phi) is 4.53. The SMILES string of the molecule is CCOC(=O)NC1=C(O)C(=O)C(C)(c2c(Cl)cccc2Cl)O1. The maximum absolute atomic E-state index is 12.3. The number of aliphatic hydroxyl groups is 1. The fourth-order valence-electron chi connectivity index (χ4n) is 2.09. The van der Waals surface area contributed by atoms with E-state index in [-0.39, 0.29) is 22.2 Å². The fourth-order valence-corrected chi connectivity index (χ4v) is 2.85. The van der Waals surface area contributed by atoms with Crippen molar-refractivity contribution in [3.63, 3.8) is 0 Å². The number of alkyl carbamates (subject to hydrolysis) is 1. The summed E-state index contributed by atoms with van der Waals surface area (Å²) in [5.74, 6) is -1.90. The first kappa shape index (κ1) is 16.5. The summed E-state index contributed by atoms with van der Waals surface area (Å²) in [7, 11) is 0. The maximum Gasteiger partial charge on any atom is 0.414 e. The van der Waals surface area contributed by atoms with E-state index in [4.69, 9.17) is 27.9 Å². The molecular weight excluding hydrogens is 333 g/mol. The van der Waals surface area contributed by atoms with Gasteiger partial charge in [-0.05, 0) is 26.0 Å². The molecule has 0 saturated heterocycles. The van der Waals surface area contributed by atoms with Crippen LogP contribution in [0.2, 0.25) is 10.0 Å². The minimum atomic E-state index is -1.64. The van der Waals surface area contributed by atoms with Crippen molar-refractivity contribution in [2.24, 2.45) is 0 Å². The Hall–Kier alpha value is -1.92. The number of halogens is 2. The molecule has 1 unspecified atom stereocenters. The number of hydrogen-bond acceptors (Lipinski definition) is 5. The molecule has 8 heteroatoms. The first-order valence-corrected chi connectivity index (χ1v) is 7.12. The number of Topliss-reactive ketones (excluding diaryl/α,β-unsaturated/α-hetero) is 1. The molecule has 6 nitrogen and oxygen atoms in total. The minimum Gasteiger partial charge on any atom is -0.501 e. The summed E-state index contributed by atoms with van der Waals surface area (Å²) in [6, 6.07) is 4.69. The molecule has 118 valence electrons. The number of carbonyl (C=O) groups is 2. The van der Waals surface area contributed by atoms with Gasteiger partial charge in [0.05, 0.1) is 6.61 Å². The van der Waals surface area contributed by atoms with Crippen molar-refractivity contribution in [2.75, 3.05) is 6.61 Å². The molecule has 0 spiro atoms. The van der Waals surface area contributed by atoms with Gasteiger partial charge in [0, 0.05) is 15.6 Å². The molecule has 0 saturated carbocycles. The Morgan fingerprint density at radius 1 is 1.41 bits per heavy atom. The highest BCUT2D eigenvalue weighted by Crippen LogP contribution is 2.43. The van der Waals surface area contributed by atoms with E-state index in [1.165, 1.54) is 6.92 Å². The van der Waals surface area contributed by atoms with Crippen LogP contribution >= 0.6 is 23.2 Å². The van der Waals surface area contributed by atoms with E-state index in [0.29, 0.717) is 0 Å². The zero-order chi connectivity index (χ0) is 16.5. The van der Waals surface area contributed by atoms with E-state index in [9.17, 15) is 14.7 Å². The zero-order valence-electron chi connectivity index (χ0n) is 11.8. The molecular formula is C14H13Cl2NO5. The predicted octanol–water partition coefficient (Wildman–Crippen LogP) is 3.28. The predicted molar refractivity (Wildman–Crippen MR) is 79.7 cm³/mol. The molecule has 1 atom stereocenters. The Morgan fingerprint density at radius 3 is 2.55 bits per heavy atom. The van der Waals surface area contributed by atoms with Crippen LogP contribution in [0.25, 0.3) is 0 Å². The molecule has 0 radical (unpaired) electrons. The smallest absolute Gasteiger partial charge is 0.414 e. The molecule has 1 aliphatic rings. The van der Waals surface area contributed by atoms with Crippen molar-refractivity contribution in [3.8, 4) is 0 Å². The largest absolute Gasteiger partial charge is 0.501 e. The summed E-state index contributed by atoms with van der Waals surface area (Å²) in [6.07, 6.45) is -0.855. The number of hydrogen-bond donors (Lipinski definition) is 2. The Balaban J connectivity index is 2.37. The first-order chi connectivity index (χ1) is 10.3. The number of amides is 1. The second kappa shape index (κ2) is 6.06. The third-order valence-electron chi connectivity index (χ3n) is 3.10. The van der Waals surface area contributed by atoms with Crippen molar-refractivity contribution in [1.29, 1.82) is 0 Å². The number of carbonyl (C=O) groups excluding carboxylic acids is 2. The van der Waals surface area contributed by atoms with Gasteiger partial charge in [-0.3, -0.25) is 10.1 Å². The zero-order valence-corrected chi connectivity index (χ0v) is 13.3. The highest BCUT2D eigenvalue weighted by Gasteiger charge is 2.50. The Morgan fingerprint density at radius 2 is 2.00 bits per heavy atom. The average molecular weight is 346 g/mol. The maximum atomic E-state index is 12.3. The van der Waals surface area contributed by atoms with Crippen molar-refractivity contribution >= 4 is 35.1 Å². The molecule has 1 amide bonds. The van der Waals surface area contributed by atoms with E-state index < -0.39 is 29.1 Å². The monoisotopic (exact) mass is 345 g/mol. The van der Waals surface area contributed by atoms with E-state index in [2.05, 4.69) is 10.1 Å². The lowest BCUT2D eigenvalue weighted by atomic mass is 9.91. The van der Waals surface area contributed by atoms with Gasteiger partial charge in [0.1, 0.15) is 0 Å². The van der Waals surface area contributed by atoms with Crippen LogP contribution in [0.4, 0.5) is 4.79 Å². The lowest BCUT2D eigenvalue weighted by molar-refractivity contribution is -0.131. The average Bonchev–Trinajstić information content (AvgIpc) is 2.64. The molecule has 1 heterocycles. The van der Waals surface area contributed by atoms with E-state index in [1.807, 2.05) is 0 Å². The number of ketones is 1. The number of ether oxygens (including phenoxy) is 2. The highest BCUT2D eigenvalue weighted by molar-refractivity contribution is 6.36. The molecule has 0 aliphatic carbocycles. The molecule has 1 aliphatic heterocycles. The summed E-state index contributed by atoms with van der Waals surface area (Å²) < 4.78 is 10.1. The number of aliphatic hydroxyl groups excluding tert-OH is 1. The fraction of sp³-hybridized carbons (Fsp3) is 0.286. The van der Waals surface area contributed by atoms with Gasteiger partial charge in [-0.15, -0.1) is 0 Å². The van der Waals surface area contributed by atoms with Gasteiger partial charge in [0.25, 0.3) is 5.78 Å². The van der Waals surface area contributed by atoms with Gasteiger partial charge in [-0.1, -0.05) is 29.3 Å². The molecule has 0 bridgehead atoms. The van der Waals surface area contributed by atoms with Crippen molar-refractivity contribution < 1.29 is 24.2 Å². The lowest BCUT2D eigenvalue weighted by Crippen LogP contribution is -2.33. The van der Waals surface area contributed by atoms with Crippen LogP contribution in [0.15, 0.2) is 29.8 Å². The normalized spacial score (nSPS) is 20.8. The topological polar surface area (TPSA) is 84.9 Å². The van der Waals surface area contributed by atoms with Gasteiger partial charge in [-0.25, -0.2) is 4.79 Å². The molecule has 1 aromatic rings. The first-order valence-electron chi connectivity index (χ1n) is 6.36. The minimum absolute atomic E-state index is 0.126. The van der Waals surface area contributed by atoms with Gasteiger partial charge in [0.2, 0.25) is 17.2 Å². The second-order valence-electron chi connectivity index (χ2n) is 4.58. The number of rotatable bonds is 3. The summed E-state index contributed by atoms with van der Waals surface area (Å²) in [6.45, 7) is 3.14. The quantitative estimate of drug-likeness (QED) is 0.877. The van der Waals surface area contributed by atoms with Crippen LogP contribution in [0, 0.1) is 0 Å². The van der Waals surface area contributed by atoms with E-state index in [0.717, 1.165) is 0 Å². The third-order valence-corrected chi connectivity index (χ3v) is 3.73. The standard InChI is InChI=1S/C14H13Cl2NO5/c1-3-21-13(20)17-12-10(18)11(19)14(2,22-12)9-7(15)5-4-6-8(9)16/h4-6,18H,3H2,1-2H3,(H,17,20). The van der Waals surface area contributed by atoms with Crippen LogP contribution in [0.5, 0.6) is 0 Å². The van der Waals surface area contributed by atoms with Crippen molar-refractivity contribution in [2.45, 2.75) is 19.4 Å². The third kappa shape index (κ3) is 2.71. The Labute approximate surface area is 136 Å². The van der Waals surface area contributed by atoms with Gasteiger partial charge in [-0.2, -0.15) is 0 Å². The van der Waals surface area contributed by atoms with Crippen LogP contribution in [0.3, 0.4) is 0 Å². The summed E-state index contributed by atoms with van der Waals surface area (Å²) >= 11 is 12.2. The van der Waals surface area contributed by atoms with Crippen LogP contribution in [-0.4, -0.2) is 23.6 Å². The van der Waals surface area contributed by atoms with Crippen LogP contribution < -0.4 is 5.32 Å². The van der Waals surface area contributed by atoms with E-state index in [1.54, 1.807) is 25.1 Å². The van der Waals surface area contributed by atoms with Gasteiger partial charge < -0.3 is 14.6 Å². The van der Waals surface area contributed by atoms with Gasteiger partial charge >= 0.3 is 6.09 Å². The number of benzene rings is 1. The Bertz CT molecular complexity index is 653. The lowest BCUT2D eigenvalue weighted by Gasteiger charge is -2.25. The molecule has 22 heavy (non-hydrogen) atoms. The highest BCUT2D eigenvalue weighted by atomic mass is 35.5. The second-order valence-corrected chi connectivity index (χ2v) is 5.40. The number of nitrogens with one attached hydrogen (secondary N) is 1.